The van der Waals surface area contributed by atoms with Crippen molar-refractivity contribution >= 4 is 17.4 Å². The first kappa shape index (κ1) is 15.5. The van der Waals surface area contributed by atoms with Crippen LogP contribution in [0.2, 0.25) is 5.15 Å². The Morgan fingerprint density at radius 3 is 2.20 bits per heavy atom. The molecule has 1 aromatic heterocycles. The number of halogens is 1. The van der Waals surface area contributed by atoms with Crippen molar-refractivity contribution in [3.05, 3.63) is 16.5 Å². The van der Waals surface area contributed by atoms with Crippen LogP contribution in [0.3, 0.4) is 0 Å². The van der Waals surface area contributed by atoms with Crippen molar-refractivity contribution in [1.29, 1.82) is 0 Å². The van der Waals surface area contributed by atoms with Crippen LogP contribution in [0.1, 0.15) is 39.1 Å². The Morgan fingerprint density at radius 2 is 1.70 bits per heavy atom. The van der Waals surface area contributed by atoms with Gasteiger partial charge in [0.1, 0.15) is 16.8 Å². The molecule has 2 rings (SSSR count). The Kier molecular flexibility index (Phi) is 4.55. The maximum absolute atomic E-state index is 6.23. The molecule has 0 saturated carbocycles. The van der Waals surface area contributed by atoms with E-state index >= 15 is 0 Å². The molecule has 1 aromatic rings. The van der Waals surface area contributed by atoms with Crippen molar-refractivity contribution < 1.29 is 0 Å². The van der Waals surface area contributed by atoms with Crippen LogP contribution >= 0.6 is 11.6 Å². The summed E-state index contributed by atoms with van der Waals surface area (Å²) in [7, 11) is 0. The molecule has 0 amide bonds. The number of hydrogen-bond donors (Lipinski definition) is 0. The first-order valence-corrected chi connectivity index (χ1v) is 7.73. The Labute approximate surface area is 127 Å². The summed E-state index contributed by atoms with van der Waals surface area (Å²) in [4.78, 5) is 13.8. The molecular formula is C15H25ClN4. The minimum atomic E-state index is 0.235. The molecule has 2 heterocycles. The Balaban J connectivity index is 2.16. The normalized spacial score (nSPS) is 17.6. The van der Waals surface area contributed by atoms with Gasteiger partial charge < -0.3 is 4.90 Å². The molecule has 0 aliphatic carbocycles. The lowest BCUT2D eigenvalue weighted by Gasteiger charge is -2.43. The molecule has 0 N–H and O–H groups in total. The summed E-state index contributed by atoms with van der Waals surface area (Å²) in [5.41, 5.74) is 1.23. The van der Waals surface area contributed by atoms with Crippen molar-refractivity contribution in [2.24, 2.45) is 0 Å². The van der Waals surface area contributed by atoms with Gasteiger partial charge in [0.05, 0.1) is 0 Å². The summed E-state index contributed by atoms with van der Waals surface area (Å²) >= 11 is 6.23. The number of hydrogen-bond acceptors (Lipinski definition) is 4. The molecule has 0 bridgehead atoms. The van der Waals surface area contributed by atoms with Gasteiger partial charge in [-0.05, 0) is 27.7 Å². The van der Waals surface area contributed by atoms with Crippen LogP contribution in [0, 0.1) is 6.92 Å². The van der Waals surface area contributed by atoms with Gasteiger partial charge in [-0.1, -0.05) is 18.5 Å². The second-order valence-electron chi connectivity index (χ2n) is 6.38. The van der Waals surface area contributed by atoms with Gasteiger partial charge in [0.2, 0.25) is 0 Å². The van der Waals surface area contributed by atoms with E-state index in [1.54, 1.807) is 0 Å². The quantitative estimate of drug-likeness (QED) is 0.786. The Morgan fingerprint density at radius 1 is 1.10 bits per heavy atom. The van der Waals surface area contributed by atoms with Gasteiger partial charge in [-0.15, -0.1) is 0 Å². The van der Waals surface area contributed by atoms with E-state index in [-0.39, 0.29) is 5.54 Å². The number of rotatable bonds is 2. The lowest BCUT2D eigenvalue weighted by molar-refractivity contribution is 0.128. The summed E-state index contributed by atoms with van der Waals surface area (Å²) in [6.45, 7) is 15.0. The largest absolute Gasteiger partial charge is 0.354 e. The fourth-order valence-electron chi connectivity index (χ4n) is 2.58. The second-order valence-corrected chi connectivity index (χ2v) is 6.74. The summed E-state index contributed by atoms with van der Waals surface area (Å²) in [6, 6.07) is 0. The van der Waals surface area contributed by atoms with E-state index < -0.39 is 0 Å². The minimum absolute atomic E-state index is 0.235. The SMILES string of the molecule is CCc1nc(Cl)c(C)c(N2CCN(C(C)(C)C)CC2)n1. The number of aryl methyl sites for hydroxylation is 1. The first-order chi connectivity index (χ1) is 9.32. The zero-order valence-corrected chi connectivity index (χ0v) is 14.0. The zero-order valence-electron chi connectivity index (χ0n) is 13.2. The van der Waals surface area contributed by atoms with Crippen LogP contribution in [0.5, 0.6) is 0 Å². The van der Waals surface area contributed by atoms with E-state index in [1.807, 2.05) is 6.92 Å². The summed E-state index contributed by atoms with van der Waals surface area (Å²) in [5, 5.41) is 0.588. The fourth-order valence-corrected chi connectivity index (χ4v) is 2.76. The maximum atomic E-state index is 6.23. The predicted octanol–water partition coefficient (Wildman–Crippen LogP) is 2.92. The van der Waals surface area contributed by atoms with Crippen molar-refractivity contribution in [1.82, 2.24) is 14.9 Å². The average Bonchev–Trinajstić information content (AvgIpc) is 2.41. The lowest BCUT2D eigenvalue weighted by Crippen LogP contribution is -2.53. The standard InChI is InChI=1S/C15H25ClN4/c1-6-12-17-13(16)11(2)14(18-12)19-7-9-20(10-8-19)15(3,4)5/h6-10H2,1-5H3. The molecule has 0 radical (unpaired) electrons. The fraction of sp³-hybridized carbons (Fsp3) is 0.733. The molecule has 0 unspecified atom stereocenters. The lowest BCUT2D eigenvalue weighted by atomic mass is 10.0. The van der Waals surface area contributed by atoms with Gasteiger partial charge >= 0.3 is 0 Å². The summed E-state index contributed by atoms with van der Waals surface area (Å²) in [5.74, 6) is 1.84. The molecule has 1 saturated heterocycles. The molecule has 1 aliphatic rings. The van der Waals surface area contributed by atoms with E-state index in [2.05, 4.69) is 47.5 Å². The van der Waals surface area contributed by atoms with E-state index in [0.717, 1.165) is 49.8 Å². The molecule has 0 atom stereocenters. The zero-order chi connectivity index (χ0) is 14.9. The molecule has 0 aromatic carbocycles. The molecule has 1 fully saturated rings. The third-order valence-corrected chi connectivity index (χ3v) is 4.32. The highest BCUT2D eigenvalue weighted by Crippen LogP contribution is 2.26. The van der Waals surface area contributed by atoms with Crippen molar-refractivity contribution in [2.45, 2.75) is 46.6 Å². The molecule has 1 aliphatic heterocycles. The molecular weight excluding hydrogens is 272 g/mol. The molecule has 0 spiro atoms. The van der Waals surface area contributed by atoms with Crippen molar-refractivity contribution in [2.75, 3.05) is 31.1 Å². The van der Waals surface area contributed by atoms with Crippen molar-refractivity contribution in [3.63, 3.8) is 0 Å². The van der Waals surface area contributed by atoms with Crippen LogP contribution in [0.4, 0.5) is 5.82 Å². The second kappa shape index (κ2) is 5.86. The molecule has 5 heteroatoms. The van der Waals surface area contributed by atoms with E-state index in [4.69, 9.17) is 11.6 Å². The summed E-state index contributed by atoms with van der Waals surface area (Å²) < 4.78 is 0. The molecule has 4 nitrogen and oxygen atoms in total. The van der Waals surface area contributed by atoms with Crippen LogP contribution in [0.15, 0.2) is 0 Å². The van der Waals surface area contributed by atoms with Crippen LogP contribution < -0.4 is 4.90 Å². The average molecular weight is 297 g/mol. The van der Waals surface area contributed by atoms with Crippen LogP contribution in [-0.2, 0) is 6.42 Å². The number of anilines is 1. The molecule has 20 heavy (non-hydrogen) atoms. The highest BCUT2D eigenvalue weighted by Gasteiger charge is 2.27. The minimum Gasteiger partial charge on any atom is -0.354 e. The third-order valence-electron chi connectivity index (χ3n) is 3.95. The maximum Gasteiger partial charge on any atom is 0.137 e. The van der Waals surface area contributed by atoms with Gasteiger partial charge in [0, 0.05) is 43.7 Å². The highest BCUT2D eigenvalue weighted by atomic mass is 35.5. The third kappa shape index (κ3) is 3.23. The van der Waals surface area contributed by atoms with Gasteiger partial charge in [-0.3, -0.25) is 4.90 Å². The van der Waals surface area contributed by atoms with Gasteiger partial charge in [-0.2, -0.15) is 0 Å². The van der Waals surface area contributed by atoms with Crippen LogP contribution in [-0.4, -0.2) is 46.6 Å². The van der Waals surface area contributed by atoms with E-state index in [1.165, 1.54) is 0 Å². The number of nitrogens with zero attached hydrogens (tertiary/aromatic N) is 4. The van der Waals surface area contributed by atoms with Gasteiger partial charge in [0.25, 0.3) is 0 Å². The predicted molar refractivity (Wildman–Crippen MR) is 84.7 cm³/mol. The number of aromatic nitrogens is 2. The van der Waals surface area contributed by atoms with Gasteiger partial charge in [0.15, 0.2) is 0 Å². The number of piperazine rings is 1. The summed E-state index contributed by atoms with van der Waals surface area (Å²) in [6.07, 6.45) is 0.814. The first-order valence-electron chi connectivity index (χ1n) is 7.36. The molecule has 112 valence electrons. The Bertz CT molecular complexity index is 473. The van der Waals surface area contributed by atoms with Crippen LogP contribution in [0.25, 0.3) is 0 Å². The monoisotopic (exact) mass is 296 g/mol. The Hall–Kier alpha value is -0.870. The smallest absolute Gasteiger partial charge is 0.137 e. The van der Waals surface area contributed by atoms with E-state index in [0.29, 0.717) is 5.15 Å². The van der Waals surface area contributed by atoms with Gasteiger partial charge in [-0.25, -0.2) is 9.97 Å². The van der Waals surface area contributed by atoms with Crippen molar-refractivity contribution in [3.8, 4) is 0 Å². The topological polar surface area (TPSA) is 32.3 Å². The highest BCUT2D eigenvalue weighted by molar-refractivity contribution is 6.30. The van der Waals surface area contributed by atoms with E-state index in [9.17, 15) is 0 Å².